The van der Waals surface area contributed by atoms with Crippen LogP contribution in [0.2, 0.25) is 0 Å². The van der Waals surface area contributed by atoms with Gasteiger partial charge in [-0.3, -0.25) is 0 Å². The van der Waals surface area contributed by atoms with Gasteiger partial charge in [-0.2, -0.15) is 0 Å². The topological polar surface area (TPSA) is 29.9 Å². The Labute approximate surface area is 101 Å². The maximum absolute atomic E-state index is 13.7. The van der Waals surface area contributed by atoms with Gasteiger partial charge in [0.05, 0.1) is 18.4 Å². The van der Waals surface area contributed by atoms with Crippen molar-refractivity contribution in [3.8, 4) is 11.3 Å². The third kappa shape index (κ3) is 1.69. The van der Waals surface area contributed by atoms with Gasteiger partial charge in [0.25, 0.3) is 0 Å². The molecule has 0 radical (unpaired) electrons. The van der Waals surface area contributed by atoms with Crippen LogP contribution in [0.5, 0.6) is 0 Å². The third-order valence-electron chi connectivity index (χ3n) is 3.02. The van der Waals surface area contributed by atoms with Crippen LogP contribution < -0.4 is 5.32 Å². The fraction of sp³-hybridized carbons (Fsp3) is 0.250. The zero-order chi connectivity index (χ0) is 12.7. The van der Waals surface area contributed by atoms with E-state index in [9.17, 15) is 13.2 Å². The fourth-order valence-corrected chi connectivity index (χ4v) is 2.13. The Morgan fingerprint density at radius 1 is 1.11 bits per heavy atom. The number of benzene rings is 1. The van der Waals surface area contributed by atoms with E-state index in [1.807, 2.05) is 4.57 Å². The molecule has 2 aromatic rings. The summed E-state index contributed by atoms with van der Waals surface area (Å²) in [5, 5.41) is 3.13. The molecule has 1 aromatic carbocycles. The second-order valence-corrected chi connectivity index (χ2v) is 4.13. The average molecular weight is 253 g/mol. The summed E-state index contributed by atoms with van der Waals surface area (Å²) in [5.74, 6) is -2.26. The molecular formula is C12H10F3N3. The van der Waals surface area contributed by atoms with Crippen molar-refractivity contribution in [1.29, 1.82) is 0 Å². The van der Waals surface area contributed by atoms with Crippen LogP contribution in [0.1, 0.15) is 5.82 Å². The number of halogens is 3. The standard InChI is InChI=1S/C12H10F3N3/c13-8-4-10(15)9(14)3-7(8)11-5-17-12-6-16-1-2-18(11)12/h3-5,16H,1-2,6H2. The lowest BCUT2D eigenvalue weighted by Crippen LogP contribution is -2.28. The average Bonchev–Trinajstić information content (AvgIpc) is 2.78. The van der Waals surface area contributed by atoms with Gasteiger partial charge < -0.3 is 9.88 Å². The molecule has 6 heteroatoms. The highest BCUT2D eigenvalue weighted by Crippen LogP contribution is 2.26. The number of nitrogens with zero attached hydrogens (tertiary/aromatic N) is 2. The van der Waals surface area contributed by atoms with Crippen LogP contribution in [0.3, 0.4) is 0 Å². The molecule has 0 fully saturated rings. The van der Waals surface area contributed by atoms with Crippen molar-refractivity contribution in [2.45, 2.75) is 13.1 Å². The minimum absolute atomic E-state index is 0.0366. The van der Waals surface area contributed by atoms with E-state index in [1.54, 1.807) is 0 Å². The summed E-state index contributed by atoms with van der Waals surface area (Å²) in [4.78, 5) is 4.14. The van der Waals surface area contributed by atoms with E-state index < -0.39 is 17.5 Å². The Kier molecular flexibility index (Phi) is 2.59. The highest BCUT2D eigenvalue weighted by atomic mass is 19.2. The second kappa shape index (κ2) is 4.13. The van der Waals surface area contributed by atoms with Crippen molar-refractivity contribution >= 4 is 0 Å². The van der Waals surface area contributed by atoms with Crippen molar-refractivity contribution in [2.24, 2.45) is 0 Å². The molecule has 94 valence electrons. The Morgan fingerprint density at radius 3 is 2.72 bits per heavy atom. The molecule has 0 atom stereocenters. The molecule has 1 aromatic heterocycles. The molecule has 0 saturated heterocycles. The van der Waals surface area contributed by atoms with E-state index in [1.165, 1.54) is 6.20 Å². The lowest BCUT2D eigenvalue weighted by molar-refractivity contribution is 0.492. The number of hydrogen-bond acceptors (Lipinski definition) is 2. The molecule has 2 heterocycles. The first kappa shape index (κ1) is 11.3. The lowest BCUT2D eigenvalue weighted by Gasteiger charge is -2.17. The van der Waals surface area contributed by atoms with Gasteiger partial charge in [0.1, 0.15) is 11.6 Å². The highest BCUT2D eigenvalue weighted by Gasteiger charge is 2.19. The van der Waals surface area contributed by atoms with E-state index >= 15 is 0 Å². The maximum Gasteiger partial charge on any atom is 0.161 e. The van der Waals surface area contributed by atoms with Crippen LogP contribution in [0, 0.1) is 17.5 Å². The lowest BCUT2D eigenvalue weighted by atomic mass is 10.1. The number of rotatable bonds is 1. The summed E-state index contributed by atoms with van der Waals surface area (Å²) in [7, 11) is 0. The highest BCUT2D eigenvalue weighted by molar-refractivity contribution is 5.60. The molecule has 3 nitrogen and oxygen atoms in total. The second-order valence-electron chi connectivity index (χ2n) is 4.13. The molecule has 0 unspecified atom stereocenters. The summed E-state index contributed by atoms with van der Waals surface area (Å²) in [6.45, 7) is 1.95. The third-order valence-corrected chi connectivity index (χ3v) is 3.02. The molecule has 0 aliphatic carbocycles. The zero-order valence-electron chi connectivity index (χ0n) is 9.38. The smallest absolute Gasteiger partial charge is 0.161 e. The number of hydrogen-bond donors (Lipinski definition) is 1. The molecule has 1 N–H and O–H groups in total. The van der Waals surface area contributed by atoms with E-state index in [-0.39, 0.29) is 5.56 Å². The van der Waals surface area contributed by atoms with Gasteiger partial charge in [-0.15, -0.1) is 0 Å². The van der Waals surface area contributed by atoms with Crippen molar-refractivity contribution < 1.29 is 13.2 Å². The molecule has 0 spiro atoms. The van der Waals surface area contributed by atoms with E-state index in [0.717, 1.165) is 18.4 Å². The van der Waals surface area contributed by atoms with Gasteiger partial charge in [-0.05, 0) is 6.07 Å². The fourth-order valence-electron chi connectivity index (χ4n) is 2.13. The summed E-state index contributed by atoms with van der Waals surface area (Å²) < 4.78 is 41.6. The van der Waals surface area contributed by atoms with Crippen LogP contribution in [0.4, 0.5) is 13.2 Å². The van der Waals surface area contributed by atoms with Gasteiger partial charge in [0.2, 0.25) is 0 Å². The van der Waals surface area contributed by atoms with Crippen LogP contribution in [0.15, 0.2) is 18.3 Å². The number of fused-ring (bicyclic) bond motifs is 1. The quantitative estimate of drug-likeness (QED) is 0.788. The molecule has 0 saturated carbocycles. The first-order valence-corrected chi connectivity index (χ1v) is 5.57. The molecule has 18 heavy (non-hydrogen) atoms. The molecule has 1 aliphatic rings. The Hall–Kier alpha value is -1.82. The number of imidazole rings is 1. The maximum atomic E-state index is 13.7. The SMILES string of the molecule is Fc1cc(F)c(-c2cnc3n2CCNC3)cc1F. The molecule has 3 rings (SSSR count). The van der Waals surface area contributed by atoms with Gasteiger partial charge >= 0.3 is 0 Å². The molecular weight excluding hydrogens is 243 g/mol. The van der Waals surface area contributed by atoms with Crippen LogP contribution in [0.25, 0.3) is 11.3 Å². The van der Waals surface area contributed by atoms with Crippen LogP contribution in [-0.2, 0) is 13.1 Å². The number of aromatic nitrogens is 2. The van der Waals surface area contributed by atoms with Crippen molar-refractivity contribution in [1.82, 2.24) is 14.9 Å². The predicted octanol–water partition coefficient (Wildman–Crippen LogP) is 2.07. The first-order chi connectivity index (χ1) is 8.66. The summed E-state index contributed by atoms with van der Waals surface area (Å²) in [6.07, 6.45) is 1.48. The van der Waals surface area contributed by atoms with Crippen LogP contribution >= 0.6 is 0 Å². The van der Waals surface area contributed by atoms with E-state index in [2.05, 4.69) is 10.3 Å². The minimum atomic E-state index is -1.18. The largest absolute Gasteiger partial charge is 0.326 e. The Bertz CT molecular complexity index is 607. The zero-order valence-corrected chi connectivity index (χ0v) is 9.38. The van der Waals surface area contributed by atoms with Crippen molar-refractivity contribution in [3.63, 3.8) is 0 Å². The van der Waals surface area contributed by atoms with E-state index in [4.69, 9.17) is 0 Å². The summed E-state index contributed by atoms with van der Waals surface area (Å²) in [6, 6.07) is 1.43. The predicted molar refractivity (Wildman–Crippen MR) is 59.2 cm³/mol. The first-order valence-electron chi connectivity index (χ1n) is 5.57. The van der Waals surface area contributed by atoms with Crippen molar-refractivity contribution in [3.05, 3.63) is 41.6 Å². The Balaban J connectivity index is 2.15. The molecule has 0 amide bonds. The van der Waals surface area contributed by atoms with Crippen LogP contribution in [-0.4, -0.2) is 16.1 Å². The van der Waals surface area contributed by atoms with Gasteiger partial charge in [0, 0.05) is 24.7 Å². The van der Waals surface area contributed by atoms with Gasteiger partial charge in [-0.25, -0.2) is 18.2 Å². The normalized spacial score (nSPS) is 14.6. The minimum Gasteiger partial charge on any atom is -0.326 e. The van der Waals surface area contributed by atoms with Gasteiger partial charge in [0.15, 0.2) is 11.6 Å². The number of nitrogens with one attached hydrogen (secondary N) is 1. The van der Waals surface area contributed by atoms with Gasteiger partial charge in [-0.1, -0.05) is 0 Å². The van der Waals surface area contributed by atoms with E-state index in [0.29, 0.717) is 24.8 Å². The summed E-state index contributed by atoms with van der Waals surface area (Å²) in [5.41, 5.74) is 0.512. The Morgan fingerprint density at radius 2 is 1.89 bits per heavy atom. The van der Waals surface area contributed by atoms with Crippen molar-refractivity contribution in [2.75, 3.05) is 6.54 Å². The summed E-state index contributed by atoms with van der Waals surface area (Å²) >= 11 is 0. The molecule has 0 bridgehead atoms. The monoisotopic (exact) mass is 253 g/mol. The molecule has 1 aliphatic heterocycles.